The standard InChI is InChI=1S/C23H29ClN4O2S/c24-15-10-14-11-19(27-21(14)18(12-15)25-16-4-1-2-5-16)22-26-17(13-31-22)7-9-28-8-3-6-20(28)23(29)30/h10-12,16-17,20,25,27H,1-9,13H2,(H,29,30)/t17?,20-/m0/s1. The molecule has 2 atom stereocenters. The number of nitrogens with one attached hydrogen (secondary N) is 2. The van der Waals surface area contributed by atoms with Crippen molar-refractivity contribution >= 4 is 51.0 Å². The van der Waals surface area contributed by atoms with E-state index >= 15 is 0 Å². The second kappa shape index (κ2) is 9.04. The van der Waals surface area contributed by atoms with Gasteiger partial charge in [0.1, 0.15) is 11.1 Å². The van der Waals surface area contributed by atoms with Gasteiger partial charge in [-0.15, -0.1) is 11.8 Å². The SMILES string of the molecule is O=C(O)[C@@H]1CCCN1CCC1CSC(c2cc3cc(Cl)cc(NC4CCCC4)c3[nH]2)=N1. The van der Waals surface area contributed by atoms with Crippen molar-refractivity contribution in [3.63, 3.8) is 0 Å². The van der Waals surface area contributed by atoms with Crippen molar-refractivity contribution in [1.29, 1.82) is 0 Å². The number of rotatable bonds is 7. The predicted octanol–water partition coefficient (Wildman–Crippen LogP) is 4.98. The molecule has 2 aromatic rings. The van der Waals surface area contributed by atoms with E-state index in [0.717, 1.165) is 70.5 Å². The number of aromatic amines is 1. The number of aliphatic carboxylic acids is 1. The van der Waals surface area contributed by atoms with E-state index in [4.69, 9.17) is 16.6 Å². The minimum atomic E-state index is -0.693. The third kappa shape index (κ3) is 4.59. The lowest BCUT2D eigenvalue weighted by Gasteiger charge is -2.21. The lowest BCUT2D eigenvalue weighted by molar-refractivity contribution is -0.142. The summed E-state index contributed by atoms with van der Waals surface area (Å²) in [5.41, 5.74) is 3.22. The van der Waals surface area contributed by atoms with Gasteiger partial charge in [-0.05, 0) is 56.8 Å². The molecular formula is C23H29ClN4O2S. The van der Waals surface area contributed by atoms with Crippen LogP contribution in [0.2, 0.25) is 5.02 Å². The predicted molar refractivity (Wildman–Crippen MR) is 129 cm³/mol. The van der Waals surface area contributed by atoms with Crippen LogP contribution in [0.5, 0.6) is 0 Å². The average molecular weight is 461 g/mol. The van der Waals surface area contributed by atoms with Crippen LogP contribution in [0.15, 0.2) is 23.2 Å². The minimum Gasteiger partial charge on any atom is -0.480 e. The van der Waals surface area contributed by atoms with E-state index in [9.17, 15) is 9.90 Å². The van der Waals surface area contributed by atoms with Crippen molar-refractivity contribution in [2.45, 2.75) is 63.1 Å². The van der Waals surface area contributed by atoms with Gasteiger partial charge < -0.3 is 15.4 Å². The zero-order chi connectivity index (χ0) is 21.4. The molecule has 1 saturated carbocycles. The molecule has 1 aromatic heterocycles. The van der Waals surface area contributed by atoms with Gasteiger partial charge >= 0.3 is 5.97 Å². The summed E-state index contributed by atoms with van der Waals surface area (Å²) in [4.78, 5) is 22.0. The molecule has 166 valence electrons. The number of anilines is 1. The van der Waals surface area contributed by atoms with Crippen LogP contribution < -0.4 is 5.32 Å². The van der Waals surface area contributed by atoms with Crippen LogP contribution in [0.1, 0.15) is 50.6 Å². The number of aromatic nitrogens is 1. The zero-order valence-corrected chi connectivity index (χ0v) is 19.1. The number of hydrogen-bond donors (Lipinski definition) is 3. The van der Waals surface area contributed by atoms with Gasteiger partial charge in [0.05, 0.1) is 22.9 Å². The molecule has 1 unspecified atom stereocenters. The zero-order valence-electron chi connectivity index (χ0n) is 17.6. The second-order valence-electron chi connectivity index (χ2n) is 8.95. The minimum absolute atomic E-state index is 0.237. The molecule has 0 spiro atoms. The van der Waals surface area contributed by atoms with Gasteiger partial charge in [0.15, 0.2) is 0 Å². The van der Waals surface area contributed by atoms with Crippen LogP contribution in [0.4, 0.5) is 5.69 Å². The van der Waals surface area contributed by atoms with E-state index in [-0.39, 0.29) is 12.1 Å². The van der Waals surface area contributed by atoms with E-state index < -0.39 is 5.97 Å². The Kier molecular flexibility index (Phi) is 6.17. The number of aliphatic imine (C=N–C) groups is 1. The second-order valence-corrected chi connectivity index (χ2v) is 10.4. The summed E-state index contributed by atoms with van der Waals surface area (Å²) in [6, 6.07) is 6.62. The molecule has 2 fully saturated rings. The summed E-state index contributed by atoms with van der Waals surface area (Å²) in [6.07, 6.45) is 7.64. The van der Waals surface area contributed by atoms with Crippen molar-refractivity contribution in [2.75, 3.05) is 24.2 Å². The molecule has 8 heteroatoms. The van der Waals surface area contributed by atoms with Crippen molar-refractivity contribution in [1.82, 2.24) is 9.88 Å². The maximum absolute atomic E-state index is 11.4. The van der Waals surface area contributed by atoms with Gasteiger partial charge in [-0.2, -0.15) is 0 Å². The van der Waals surface area contributed by atoms with Crippen molar-refractivity contribution in [3.8, 4) is 0 Å². The summed E-state index contributed by atoms with van der Waals surface area (Å²) in [5, 5.41) is 16.0. The average Bonchev–Trinajstić information content (AvgIpc) is 3.51. The third-order valence-electron chi connectivity index (χ3n) is 6.75. The summed E-state index contributed by atoms with van der Waals surface area (Å²) >= 11 is 8.18. The first kappa shape index (κ1) is 21.2. The molecule has 5 rings (SSSR count). The number of carboxylic acids is 1. The number of benzene rings is 1. The topological polar surface area (TPSA) is 80.7 Å². The summed E-state index contributed by atoms with van der Waals surface area (Å²) < 4.78 is 0. The fourth-order valence-electron chi connectivity index (χ4n) is 5.13. The van der Waals surface area contributed by atoms with E-state index in [0.29, 0.717) is 6.04 Å². The van der Waals surface area contributed by atoms with Gasteiger partial charge in [-0.3, -0.25) is 14.7 Å². The van der Waals surface area contributed by atoms with Crippen LogP contribution in [-0.4, -0.2) is 63.0 Å². The van der Waals surface area contributed by atoms with Gasteiger partial charge in [0.2, 0.25) is 0 Å². The van der Waals surface area contributed by atoms with E-state index in [1.54, 1.807) is 11.8 Å². The van der Waals surface area contributed by atoms with Crippen molar-refractivity contribution in [3.05, 3.63) is 28.9 Å². The molecule has 3 heterocycles. The first-order valence-corrected chi connectivity index (χ1v) is 12.7. The molecule has 31 heavy (non-hydrogen) atoms. The van der Waals surface area contributed by atoms with Crippen LogP contribution in [-0.2, 0) is 4.79 Å². The quantitative estimate of drug-likeness (QED) is 0.543. The number of fused-ring (bicyclic) bond motifs is 1. The molecule has 0 radical (unpaired) electrons. The largest absolute Gasteiger partial charge is 0.480 e. The summed E-state index contributed by atoms with van der Waals surface area (Å²) in [7, 11) is 0. The van der Waals surface area contributed by atoms with Gasteiger partial charge in [-0.25, -0.2) is 0 Å². The summed E-state index contributed by atoms with van der Waals surface area (Å²) in [6.45, 7) is 1.68. The number of H-pyrrole nitrogens is 1. The van der Waals surface area contributed by atoms with E-state index in [2.05, 4.69) is 21.3 Å². The normalized spacial score (nSPS) is 24.9. The smallest absolute Gasteiger partial charge is 0.320 e. The van der Waals surface area contributed by atoms with Crippen molar-refractivity contribution < 1.29 is 9.90 Å². The lowest BCUT2D eigenvalue weighted by atomic mass is 10.2. The molecule has 1 saturated heterocycles. The Labute approximate surface area is 191 Å². The molecule has 6 nitrogen and oxygen atoms in total. The van der Waals surface area contributed by atoms with Gasteiger partial charge in [-0.1, -0.05) is 24.4 Å². The fraction of sp³-hybridized carbons (Fsp3) is 0.565. The monoisotopic (exact) mass is 460 g/mol. The van der Waals surface area contributed by atoms with Gasteiger partial charge in [0.25, 0.3) is 0 Å². The Morgan fingerprint density at radius 3 is 2.90 bits per heavy atom. The van der Waals surface area contributed by atoms with E-state index in [1.807, 2.05) is 12.1 Å². The Balaban J connectivity index is 1.29. The summed E-state index contributed by atoms with van der Waals surface area (Å²) in [5.74, 6) is 0.255. The number of halogens is 1. The highest BCUT2D eigenvalue weighted by molar-refractivity contribution is 8.14. The molecule has 3 aliphatic rings. The van der Waals surface area contributed by atoms with E-state index in [1.165, 1.54) is 25.7 Å². The highest BCUT2D eigenvalue weighted by atomic mass is 35.5. The maximum atomic E-state index is 11.4. The number of thioether (sulfide) groups is 1. The highest BCUT2D eigenvalue weighted by Gasteiger charge is 2.31. The maximum Gasteiger partial charge on any atom is 0.320 e. The number of carbonyl (C=O) groups is 1. The van der Waals surface area contributed by atoms with Gasteiger partial charge in [0, 0.05) is 28.7 Å². The Hall–Kier alpha value is -1.70. The Morgan fingerprint density at radius 1 is 1.26 bits per heavy atom. The third-order valence-corrected chi connectivity index (χ3v) is 8.12. The van der Waals surface area contributed by atoms with Crippen LogP contribution in [0.3, 0.4) is 0 Å². The van der Waals surface area contributed by atoms with Crippen molar-refractivity contribution in [2.24, 2.45) is 4.99 Å². The number of nitrogens with zero attached hydrogens (tertiary/aromatic N) is 2. The first-order valence-electron chi connectivity index (χ1n) is 11.3. The molecule has 1 aliphatic carbocycles. The highest BCUT2D eigenvalue weighted by Crippen LogP contribution is 2.34. The molecular weight excluding hydrogens is 432 g/mol. The Morgan fingerprint density at radius 2 is 2.10 bits per heavy atom. The van der Waals surface area contributed by atoms with Crippen LogP contribution in [0.25, 0.3) is 10.9 Å². The molecule has 2 aliphatic heterocycles. The van der Waals surface area contributed by atoms with Crippen LogP contribution >= 0.6 is 23.4 Å². The first-order chi connectivity index (χ1) is 15.1. The number of hydrogen-bond acceptors (Lipinski definition) is 5. The molecule has 0 amide bonds. The Bertz CT molecular complexity index is 1000. The molecule has 3 N–H and O–H groups in total. The fourth-order valence-corrected chi connectivity index (χ4v) is 6.43. The molecule has 0 bridgehead atoms. The number of carboxylic acid groups (broad SMARTS) is 1. The number of likely N-dealkylation sites (tertiary alicyclic amines) is 1. The lowest BCUT2D eigenvalue weighted by Crippen LogP contribution is -2.37. The molecule has 1 aromatic carbocycles. The van der Waals surface area contributed by atoms with Crippen LogP contribution in [0, 0.1) is 0 Å².